The fourth-order valence-electron chi connectivity index (χ4n) is 1.43. The molecule has 0 fully saturated rings. The van der Waals surface area contributed by atoms with Gasteiger partial charge >= 0.3 is 0 Å². The van der Waals surface area contributed by atoms with E-state index in [4.69, 9.17) is 33.7 Å². The monoisotopic (exact) mass is 267 g/mol. The van der Waals surface area contributed by atoms with Crippen LogP contribution in [0.2, 0.25) is 10.0 Å². The highest BCUT2D eigenvalue weighted by Crippen LogP contribution is 2.34. The molecule has 0 aliphatic rings. The Kier molecular flexibility index (Phi) is 3.89. The Bertz CT molecular complexity index is 529. The minimum absolute atomic E-state index is 0.410. The molecule has 0 unspecified atom stereocenters. The van der Waals surface area contributed by atoms with Crippen molar-refractivity contribution in [1.29, 1.82) is 0 Å². The van der Waals surface area contributed by atoms with Gasteiger partial charge in [0.15, 0.2) is 0 Å². The Morgan fingerprint density at radius 3 is 2.59 bits per heavy atom. The van der Waals surface area contributed by atoms with Crippen molar-refractivity contribution in [2.75, 3.05) is 0 Å². The van der Waals surface area contributed by atoms with Gasteiger partial charge in [-0.05, 0) is 29.8 Å². The van der Waals surface area contributed by atoms with Crippen molar-refractivity contribution in [2.45, 2.75) is 6.54 Å². The molecule has 0 radical (unpaired) electrons. The summed E-state index contributed by atoms with van der Waals surface area (Å²) in [5.41, 5.74) is 6.56. The third kappa shape index (κ3) is 2.91. The summed E-state index contributed by atoms with van der Waals surface area (Å²) < 4.78 is 5.66. The van der Waals surface area contributed by atoms with Gasteiger partial charge in [-0.1, -0.05) is 41.4 Å². The van der Waals surface area contributed by atoms with Gasteiger partial charge in [0.05, 0.1) is 5.02 Å². The molecule has 0 aliphatic heterocycles. The fraction of sp³-hybridized carbons (Fsp3) is 0.0769. The van der Waals surface area contributed by atoms with E-state index in [0.29, 0.717) is 28.1 Å². The quantitative estimate of drug-likeness (QED) is 0.903. The zero-order valence-electron chi connectivity index (χ0n) is 8.99. The van der Waals surface area contributed by atoms with Crippen LogP contribution >= 0.6 is 23.2 Å². The van der Waals surface area contributed by atoms with Gasteiger partial charge in [-0.2, -0.15) is 0 Å². The van der Waals surface area contributed by atoms with Crippen LogP contribution in [0, 0.1) is 0 Å². The molecule has 4 heteroatoms. The van der Waals surface area contributed by atoms with Crippen molar-refractivity contribution in [3.05, 3.63) is 58.1 Å². The predicted octanol–water partition coefficient (Wildman–Crippen LogP) is 4.24. The van der Waals surface area contributed by atoms with Crippen LogP contribution in [0.3, 0.4) is 0 Å². The highest BCUT2D eigenvalue weighted by atomic mass is 35.5. The lowest BCUT2D eigenvalue weighted by Gasteiger charge is -2.09. The van der Waals surface area contributed by atoms with E-state index in [-0.39, 0.29) is 0 Å². The highest BCUT2D eigenvalue weighted by Gasteiger charge is 2.06. The largest absolute Gasteiger partial charge is 0.456 e. The molecule has 0 aromatic heterocycles. The van der Waals surface area contributed by atoms with E-state index in [1.54, 1.807) is 18.2 Å². The number of hydrogen-bond donors (Lipinski definition) is 1. The van der Waals surface area contributed by atoms with Gasteiger partial charge in [0, 0.05) is 6.54 Å². The molecule has 17 heavy (non-hydrogen) atoms. The van der Waals surface area contributed by atoms with Crippen LogP contribution in [0.5, 0.6) is 11.5 Å². The lowest BCUT2D eigenvalue weighted by atomic mass is 10.2. The molecule has 0 atom stereocenters. The molecule has 2 N–H and O–H groups in total. The standard InChI is InChI=1S/C13H11Cl2NO/c14-11-5-2-6-12(13(11)15)17-10-4-1-3-9(7-10)8-16/h1-7H,8,16H2. The summed E-state index contributed by atoms with van der Waals surface area (Å²) >= 11 is 11.9. The number of ether oxygens (including phenoxy) is 1. The molecule has 2 aromatic carbocycles. The number of halogens is 2. The first kappa shape index (κ1) is 12.2. The van der Waals surface area contributed by atoms with Gasteiger partial charge in [-0.3, -0.25) is 0 Å². The molecule has 0 heterocycles. The van der Waals surface area contributed by atoms with Gasteiger partial charge in [-0.25, -0.2) is 0 Å². The minimum atomic E-state index is 0.410. The topological polar surface area (TPSA) is 35.2 Å². The first-order valence-electron chi connectivity index (χ1n) is 5.11. The van der Waals surface area contributed by atoms with E-state index >= 15 is 0 Å². The molecule has 2 nitrogen and oxygen atoms in total. The minimum Gasteiger partial charge on any atom is -0.456 e. The van der Waals surface area contributed by atoms with E-state index in [1.165, 1.54) is 0 Å². The number of nitrogens with two attached hydrogens (primary N) is 1. The lowest BCUT2D eigenvalue weighted by molar-refractivity contribution is 0.482. The Labute approximate surface area is 110 Å². The van der Waals surface area contributed by atoms with E-state index in [2.05, 4.69) is 0 Å². The highest BCUT2D eigenvalue weighted by molar-refractivity contribution is 6.42. The second-order valence-electron chi connectivity index (χ2n) is 3.51. The second-order valence-corrected chi connectivity index (χ2v) is 4.29. The lowest BCUT2D eigenvalue weighted by Crippen LogP contribution is -1.96. The SMILES string of the molecule is NCc1cccc(Oc2cccc(Cl)c2Cl)c1. The summed E-state index contributed by atoms with van der Waals surface area (Å²) in [6.45, 7) is 0.473. The van der Waals surface area contributed by atoms with Crippen molar-refractivity contribution in [1.82, 2.24) is 0 Å². The molecular formula is C13H11Cl2NO. The maximum absolute atomic E-state index is 6.04. The smallest absolute Gasteiger partial charge is 0.147 e. The zero-order valence-corrected chi connectivity index (χ0v) is 10.5. The molecule has 0 saturated heterocycles. The molecule has 2 aromatic rings. The predicted molar refractivity (Wildman–Crippen MR) is 70.9 cm³/mol. The Morgan fingerprint density at radius 1 is 1.06 bits per heavy atom. The normalized spacial score (nSPS) is 10.3. The third-order valence-corrected chi connectivity index (χ3v) is 3.08. The van der Waals surface area contributed by atoms with E-state index in [1.807, 2.05) is 24.3 Å². The number of hydrogen-bond acceptors (Lipinski definition) is 2. The molecular weight excluding hydrogens is 257 g/mol. The zero-order chi connectivity index (χ0) is 12.3. The van der Waals surface area contributed by atoms with Crippen molar-refractivity contribution >= 4 is 23.2 Å². The van der Waals surface area contributed by atoms with Crippen molar-refractivity contribution < 1.29 is 4.74 Å². The summed E-state index contributed by atoms with van der Waals surface area (Å²) in [7, 11) is 0. The summed E-state index contributed by atoms with van der Waals surface area (Å²) in [5, 5.41) is 0.881. The maximum Gasteiger partial charge on any atom is 0.147 e. The van der Waals surface area contributed by atoms with E-state index in [0.717, 1.165) is 5.56 Å². The summed E-state index contributed by atoms with van der Waals surface area (Å²) in [6, 6.07) is 12.8. The molecule has 0 spiro atoms. The van der Waals surface area contributed by atoms with Crippen LogP contribution in [0.25, 0.3) is 0 Å². The Balaban J connectivity index is 2.28. The average molecular weight is 268 g/mol. The molecule has 0 aliphatic carbocycles. The first-order chi connectivity index (χ1) is 8.20. The molecule has 0 bridgehead atoms. The van der Waals surface area contributed by atoms with Gasteiger partial charge in [-0.15, -0.1) is 0 Å². The van der Waals surface area contributed by atoms with E-state index < -0.39 is 0 Å². The first-order valence-corrected chi connectivity index (χ1v) is 5.87. The molecule has 0 saturated carbocycles. The van der Waals surface area contributed by atoms with Crippen LogP contribution in [0.1, 0.15) is 5.56 Å². The van der Waals surface area contributed by atoms with Crippen LogP contribution < -0.4 is 10.5 Å². The Hall–Kier alpha value is -1.22. The van der Waals surface area contributed by atoms with Crippen LogP contribution in [0.15, 0.2) is 42.5 Å². The maximum atomic E-state index is 6.04. The molecule has 2 rings (SSSR count). The summed E-state index contributed by atoms with van der Waals surface area (Å²) in [5.74, 6) is 1.23. The second kappa shape index (κ2) is 5.41. The molecule has 88 valence electrons. The number of rotatable bonds is 3. The van der Waals surface area contributed by atoms with Gasteiger partial charge < -0.3 is 10.5 Å². The van der Waals surface area contributed by atoms with Crippen molar-refractivity contribution in [3.63, 3.8) is 0 Å². The van der Waals surface area contributed by atoms with Crippen molar-refractivity contribution in [2.24, 2.45) is 5.73 Å². The van der Waals surface area contributed by atoms with Crippen molar-refractivity contribution in [3.8, 4) is 11.5 Å². The van der Waals surface area contributed by atoms with Crippen LogP contribution in [-0.2, 0) is 6.54 Å². The van der Waals surface area contributed by atoms with Gasteiger partial charge in [0.2, 0.25) is 0 Å². The third-order valence-electron chi connectivity index (χ3n) is 2.28. The fourth-order valence-corrected chi connectivity index (χ4v) is 1.76. The van der Waals surface area contributed by atoms with Gasteiger partial charge in [0.25, 0.3) is 0 Å². The van der Waals surface area contributed by atoms with Crippen LogP contribution in [0.4, 0.5) is 0 Å². The summed E-state index contributed by atoms with van der Waals surface area (Å²) in [6.07, 6.45) is 0. The van der Waals surface area contributed by atoms with Gasteiger partial charge in [0.1, 0.15) is 16.5 Å². The summed E-state index contributed by atoms with van der Waals surface area (Å²) in [4.78, 5) is 0. The van der Waals surface area contributed by atoms with E-state index in [9.17, 15) is 0 Å². The molecule has 0 amide bonds. The average Bonchev–Trinajstić information content (AvgIpc) is 2.35. The van der Waals surface area contributed by atoms with Crippen LogP contribution in [-0.4, -0.2) is 0 Å². The number of benzene rings is 2. The Morgan fingerprint density at radius 2 is 1.82 bits per heavy atom.